The smallest absolute Gasteiger partial charge is 0.443 e. The van der Waals surface area contributed by atoms with E-state index in [-0.39, 0.29) is 36.1 Å². The van der Waals surface area contributed by atoms with Crippen molar-refractivity contribution in [1.82, 2.24) is 39.5 Å². The van der Waals surface area contributed by atoms with E-state index in [1.54, 1.807) is 67.3 Å². The molecule has 0 radical (unpaired) electrons. The maximum absolute atomic E-state index is 13.9. The maximum atomic E-state index is 13.9. The Morgan fingerprint density at radius 3 is 2.45 bits per heavy atom. The minimum absolute atomic E-state index is 0.0362. The fourth-order valence-electron chi connectivity index (χ4n) is 5.60. The molecule has 2 amide bonds. The number of fused-ring (bicyclic) bond motifs is 1. The fraction of sp³-hybridized carbons (Fsp3) is 0.533. The number of imidazole rings is 1. The predicted molar refractivity (Wildman–Crippen MR) is 167 cm³/mol. The lowest BCUT2D eigenvalue weighted by molar-refractivity contribution is -0.137. The maximum Gasteiger partial charge on any atom is 0.443 e. The molecule has 2 aliphatic rings. The molecule has 1 aromatic carbocycles. The van der Waals surface area contributed by atoms with Crippen LogP contribution in [-0.2, 0) is 22.3 Å². The number of carbonyl (C=O) groups is 2. The lowest BCUT2D eigenvalue weighted by Gasteiger charge is -2.40. The van der Waals surface area contributed by atoms with E-state index in [2.05, 4.69) is 25.0 Å². The van der Waals surface area contributed by atoms with Gasteiger partial charge in [0.1, 0.15) is 46.3 Å². The first kappa shape index (κ1) is 32.5. The van der Waals surface area contributed by atoms with E-state index in [4.69, 9.17) is 9.47 Å². The van der Waals surface area contributed by atoms with E-state index >= 15 is 0 Å². The summed E-state index contributed by atoms with van der Waals surface area (Å²) >= 11 is 0.561. The van der Waals surface area contributed by atoms with Gasteiger partial charge >= 0.3 is 12.3 Å². The number of likely N-dealkylation sites (tertiary alicyclic amines) is 1. The number of benzene rings is 1. The second-order valence-electron chi connectivity index (χ2n) is 12.8. The van der Waals surface area contributed by atoms with Crippen molar-refractivity contribution in [3.63, 3.8) is 0 Å². The normalized spacial score (nSPS) is 17.7. The SMILES string of the molecule is Cc1nc(C)n(CC(=O)N2CCN(c3sc(C(F)(F)F)nc3-c3nc4ccc(OC5CN(C(=O)OC(C)(C)C)C5)cc4[nH]3)C[C@H]2C)n1. The Hall–Kier alpha value is -4.41. The van der Waals surface area contributed by atoms with Crippen LogP contribution in [0.3, 0.4) is 0 Å². The molecule has 13 nitrogen and oxygen atoms in total. The second kappa shape index (κ2) is 12.0. The van der Waals surface area contributed by atoms with Crippen molar-refractivity contribution in [3.8, 4) is 17.3 Å². The summed E-state index contributed by atoms with van der Waals surface area (Å²) in [5, 5.41) is 3.61. The fourth-order valence-corrected chi connectivity index (χ4v) is 6.57. The topological polar surface area (TPSA) is 135 Å². The molecule has 0 aliphatic carbocycles. The molecular formula is C30H36F3N9O4S. The number of aromatic amines is 1. The Balaban J connectivity index is 1.17. The van der Waals surface area contributed by atoms with Crippen molar-refractivity contribution >= 4 is 39.4 Å². The first-order chi connectivity index (χ1) is 22.0. The van der Waals surface area contributed by atoms with Gasteiger partial charge in [0.25, 0.3) is 0 Å². The number of nitrogens with zero attached hydrogens (tertiary/aromatic N) is 8. The van der Waals surface area contributed by atoms with Crippen LogP contribution in [0.1, 0.15) is 44.4 Å². The van der Waals surface area contributed by atoms with Gasteiger partial charge in [-0.15, -0.1) is 0 Å². The molecule has 0 unspecified atom stereocenters. The van der Waals surface area contributed by atoms with Crippen LogP contribution < -0.4 is 9.64 Å². The summed E-state index contributed by atoms with van der Waals surface area (Å²) in [5.41, 5.74) is 0.601. The molecule has 1 atom stereocenters. The van der Waals surface area contributed by atoms with Gasteiger partial charge in [-0.05, 0) is 53.7 Å². The highest BCUT2D eigenvalue weighted by Gasteiger charge is 2.39. The van der Waals surface area contributed by atoms with Crippen molar-refractivity contribution < 1.29 is 32.2 Å². The van der Waals surface area contributed by atoms with Gasteiger partial charge in [-0.3, -0.25) is 4.79 Å². The van der Waals surface area contributed by atoms with Crippen LogP contribution >= 0.6 is 11.3 Å². The number of aryl methyl sites for hydroxylation is 2. The van der Waals surface area contributed by atoms with Crippen LogP contribution in [-0.4, -0.2) is 102 Å². The van der Waals surface area contributed by atoms with Crippen molar-refractivity contribution in [1.29, 1.82) is 0 Å². The summed E-state index contributed by atoms with van der Waals surface area (Å²) in [4.78, 5) is 46.4. The van der Waals surface area contributed by atoms with Gasteiger partial charge in [0, 0.05) is 31.7 Å². The van der Waals surface area contributed by atoms with E-state index in [1.165, 1.54) is 0 Å². The third-order valence-corrected chi connectivity index (χ3v) is 8.98. The Morgan fingerprint density at radius 1 is 1.06 bits per heavy atom. The van der Waals surface area contributed by atoms with E-state index < -0.39 is 22.9 Å². The molecule has 0 bridgehead atoms. The molecule has 0 spiro atoms. The number of thiazole rings is 1. The van der Waals surface area contributed by atoms with Gasteiger partial charge in [-0.2, -0.15) is 18.3 Å². The van der Waals surface area contributed by atoms with Gasteiger partial charge < -0.3 is 29.2 Å². The largest absolute Gasteiger partial charge is 0.487 e. The van der Waals surface area contributed by atoms with Crippen molar-refractivity contribution in [2.24, 2.45) is 0 Å². The summed E-state index contributed by atoms with van der Waals surface area (Å²) in [6.45, 7) is 12.5. The average Bonchev–Trinajstić information content (AvgIpc) is 3.65. The number of aromatic nitrogens is 6. The van der Waals surface area contributed by atoms with E-state index in [0.717, 1.165) is 0 Å². The molecule has 4 aromatic rings. The number of ether oxygens (including phenoxy) is 2. The summed E-state index contributed by atoms with van der Waals surface area (Å²) in [7, 11) is 0. The third kappa shape index (κ3) is 6.99. The number of hydrogen-bond donors (Lipinski definition) is 1. The molecular weight excluding hydrogens is 639 g/mol. The summed E-state index contributed by atoms with van der Waals surface area (Å²) in [5.74, 6) is 1.79. The Kier molecular flexibility index (Phi) is 8.30. The zero-order valence-electron chi connectivity index (χ0n) is 26.9. The first-order valence-electron chi connectivity index (χ1n) is 15.2. The molecule has 252 valence electrons. The minimum atomic E-state index is -4.64. The standard InChI is InChI=1S/C30H36F3N9O4S/c1-16-12-39(9-10-41(16)23(43)15-42-18(3)34-17(2)38-42)26-24(37-27(47-26)30(31,32)33)25-35-21-8-7-19(11-22(21)36-25)45-20-13-40(14-20)28(44)46-29(4,5)6/h7-8,11,16,20H,9-10,12-15H2,1-6H3,(H,35,36)/t16-/m1/s1. The van der Waals surface area contributed by atoms with Crippen molar-refractivity contribution in [3.05, 3.63) is 34.9 Å². The molecule has 47 heavy (non-hydrogen) atoms. The monoisotopic (exact) mass is 675 g/mol. The lowest BCUT2D eigenvalue weighted by atomic mass is 10.1. The number of piperazine rings is 1. The number of alkyl halides is 3. The highest BCUT2D eigenvalue weighted by Crippen LogP contribution is 2.43. The Labute approximate surface area is 272 Å². The Morgan fingerprint density at radius 2 is 1.81 bits per heavy atom. The number of hydrogen-bond acceptors (Lipinski definition) is 10. The molecule has 2 fully saturated rings. The van der Waals surface area contributed by atoms with Gasteiger partial charge in [0.05, 0.1) is 24.1 Å². The van der Waals surface area contributed by atoms with E-state index in [9.17, 15) is 22.8 Å². The average molecular weight is 676 g/mol. The van der Waals surface area contributed by atoms with Crippen LogP contribution in [0.5, 0.6) is 5.75 Å². The van der Waals surface area contributed by atoms with Gasteiger partial charge in [0.15, 0.2) is 5.82 Å². The number of carbonyl (C=O) groups excluding carboxylic acids is 2. The number of halogens is 3. The number of H-pyrrole nitrogens is 1. The minimum Gasteiger partial charge on any atom is -0.487 e. The van der Waals surface area contributed by atoms with Crippen LogP contribution in [0.25, 0.3) is 22.6 Å². The number of rotatable bonds is 6. The summed E-state index contributed by atoms with van der Waals surface area (Å²) < 4.78 is 54.7. The van der Waals surface area contributed by atoms with Crippen molar-refractivity contribution in [2.75, 3.05) is 37.6 Å². The summed E-state index contributed by atoms with van der Waals surface area (Å²) in [6, 6.07) is 4.89. The molecule has 5 heterocycles. The number of anilines is 1. The molecule has 6 rings (SSSR count). The molecule has 2 saturated heterocycles. The molecule has 17 heteroatoms. The lowest BCUT2D eigenvalue weighted by Crippen LogP contribution is -2.57. The van der Waals surface area contributed by atoms with Crippen LogP contribution in [0, 0.1) is 13.8 Å². The number of amides is 2. The van der Waals surface area contributed by atoms with Gasteiger partial charge in [0.2, 0.25) is 10.9 Å². The zero-order valence-corrected chi connectivity index (χ0v) is 27.7. The second-order valence-corrected chi connectivity index (χ2v) is 13.8. The first-order valence-corrected chi connectivity index (χ1v) is 16.0. The molecule has 3 aromatic heterocycles. The Bertz CT molecular complexity index is 1810. The molecule has 0 saturated carbocycles. The van der Waals surface area contributed by atoms with Crippen LogP contribution in [0.15, 0.2) is 18.2 Å². The van der Waals surface area contributed by atoms with Crippen LogP contribution in [0.4, 0.5) is 23.0 Å². The third-order valence-electron chi connectivity index (χ3n) is 7.81. The summed E-state index contributed by atoms with van der Waals surface area (Å²) in [6.07, 6.45) is -5.26. The predicted octanol–water partition coefficient (Wildman–Crippen LogP) is 4.65. The molecule has 1 N–H and O–H groups in total. The molecule has 2 aliphatic heterocycles. The van der Waals surface area contributed by atoms with Gasteiger partial charge in [-0.1, -0.05) is 11.3 Å². The van der Waals surface area contributed by atoms with Crippen LogP contribution in [0.2, 0.25) is 0 Å². The van der Waals surface area contributed by atoms with Crippen molar-refractivity contribution in [2.45, 2.75) is 72.0 Å². The quantitative estimate of drug-likeness (QED) is 0.310. The number of nitrogens with one attached hydrogen (secondary N) is 1. The zero-order chi connectivity index (χ0) is 33.8. The van der Waals surface area contributed by atoms with Gasteiger partial charge in [-0.25, -0.2) is 24.4 Å². The highest BCUT2D eigenvalue weighted by molar-refractivity contribution is 7.16. The highest BCUT2D eigenvalue weighted by atomic mass is 32.1. The van der Waals surface area contributed by atoms with E-state index in [1.807, 2.05) is 11.8 Å². The van der Waals surface area contributed by atoms with E-state index in [0.29, 0.717) is 77.5 Å².